The third kappa shape index (κ3) is 2.51. The van der Waals surface area contributed by atoms with E-state index in [1.807, 2.05) is 24.1 Å². The molecular formula is C12H18N4. The van der Waals surface area contributed by atoms with Gasteiger partial charge in [-0.05, 0) is 18.4 Å². The molecule has 2 heterocycles. The summed E-state index contributed by atoms with van der Waals surface area (Å²) in [4.78, 5) is 4.37. The molecule has 0 fully saturated rings. The van der Waals surface area contributed by atoms with Crippen molar-refractivity contribution in [3.05, 3.63) is 36.2 Å². The van der Waals surface area contributed by atoms with Crippen molar-refractivity contribution >= 4 is 0 Å². The molecule has 0 spiro atoms. The van der Waals surface area contributed by atoms with E-state index in [1.54, 1.807) is 0 Å². The normalized spacial score (nSPS) is 10.9. The van der Waals surface area contributed by atoms with Crippen molar-refractivity contribution in [2.45, 2.75) is 32.7 Å². The maximum Gasteiger partial charge on any atom is 0.108 e. The van der Waals surface area contributed by atoms with E-state index >= 15 is 0 Å². The summed E-state index contributed by atoms with van der Waals surface area (Å²) in [6.45, 7) is 3.17. The zero-order valence-electron chi connectivity index (χ0n) is 9.93. The van der Waals surface area contributed by atoms with Gasteiger partial charge in [-0.25, -0.2) is 4.98 Å². The highest BCUT2D eigenvalue weighted by atomic mass is 15.2. The zero-order chi connectivity index (χ0) is 11.4. The first-order valence-electron chi connectivity index (χ1n) is 5.77. The largest absolute Gasteiger partial charge is 0.335 e. The smallest absolute Gasteiger partial charge is 0.108 e. The molecule has 2 rings (SSSR count). The fourth-order valence-corrected chi connectivity index (χ4v) is 1.85. The lowest BCUT2D eigenvalue weighted by Gasteiger charge is -2.05. The molecule has 0 amide bonds. The molecule has 86 valence electrons. The molecule has 2 aromatic heterocycles. The molecule has 16 heavy (non-hydrogen) atoms. The highest BCUT2D eigenvalue weighted by molar-refractivity contribution is 5.04. The molecule has 0 aliphatic rings. The minimum atomic E-state index is 0.987. The van der Waals surface area contributed by atoms with E-state index in [4.69, 9.17) is 0 Å². The average molecular weight is 218 g/mol. The Balaban J connectivity index is 1.96. The van der Waals surface area contributed by atoms with Gasteiger partial charge in [-0.1, -0.05) is 6.92 Å². The van der Waals surface area contributed by atoms with Crippen LogP contribution in [0.2, 0.25) is 0 Å². The van der Waals surface area contributed by atoms with Crippen LogP contribution in [-0.4, -0.2) is 19.3 Å². The second kappa shape index (κ2) is 4.96. The monoisotopic (exact) mass is 218 g/mol. The standard InChI is InChI=1S/C12H18N4/c1-3-4-12-13-6-8-16(12)7-5-11-9-14-15(2)10-11/h6,8-10H,3-5,7H2,1-2H3. The Morgan fingerprint density at radius 1 is 1.31 bits per heavy atom. The van der Waals surface area contributed by atoms with Gasteiger partial charge in [-0.3, -0.25) is 4.68 Å². The Hall–Kier alpha value is -1.58. The summed E-state index contributed by atoms with van der Waals surface area (Å²) in [5.41, 5.74) is 1.28. The zero-order valence-corrected chi connectivity index (χ0v) is 9.93. The molecule has 0 aliphatic heterocycles. The summed E-state index contributed by atoms with van der Waals surface area (Å²) in [5.74, 6) is 1.19. The Labute approximate surface area is 95.9 Å². The van der Waals surface area contributed by atoms with Gasteiger partial charge >= 0.3 is 0 Å². The molecule has 0 radical (unpaired) electrons. The molecule has 0 atom stereocenters. The van der Waals surface area contributed by atoms with E-state index in [2.05, 4.69) is 34.0 Å². The maximum atomic E-state index is 4.37. The van der Waals surface area contributed by atoms with Gasteiger partial charge in [0.2, 0.25) is 0 Å². The molecule has 0 saturated heterocycles. The predicted molar refractivity (Wildman–Crippen MR) is 63.1 cm³/mol. The van der Waals surface area contributed by atoms with Crippen LogP contribution in [0.4, 0.5) is 0 Å². The lowest BCUT2D eigenvalue weighted by Crippen LogP contribution is -2.05. The van der Waals surface area contributed by atoms with Crippen molar-refractivity contribution in [3.63, 3.8) is 0 Å². The van der Waals surface area contributed by atoms with E-state index in [1.165, 1.54) is 11.4 Å². The van der Waals surface area contributed by atoms with Gasteiger partial charge in [0.25, 0.3) is 0 Å². The van der Waals surface area contributed by atoms with Crippen molar-refractivity contribution in [2.75, 3.05) is 0 Å². The van der Waals surface area contributed by atoms with Gasteiger partial charge in [-0.15, -0.1) is 0 Å². The summed E-state index contributed by atoms with van der Waals surface area (Å²) in [7, 11) is 1.95. The second-order valence-electron chi connectivity index (χ2n) is 4.06. The summed E-state index contributed by atoms with van der Waals surface area (Å²) in [6, 6.07) is 0. The van der Waals surface area contributed by atoms with Crippen molar-refractivity contribution < 1.29 is 0 Å². The van der Waals surface area contributed by atoms with Crippen LogP contribution in [0.25, 0.3) is 0 Å². The SMILES string of the molecule is CCCc1nccn1CCc1cnn(C)c1. The lowest BCUT2D eigenvalue weighted by atomic mass is 10.2. The van der Waals surface area contributed by atoms with Crippen LogP contribution >= 0.6 is 0 Å². The Morgan fingerprint density at radius 2 is 2.19 bits per heavy atom. The third-order valence-electron chi connectivity index (χ3n) is 2.68. The van der Waals surface area contributed by atoms with E-state index < -0.39 is 0 Å². The van der Waals surface area contributed by atoms with Crippen LogP contribution in [0.3, 0.4) is 0 Å². The molecule has 0 saturated carbocycles. The molecule has 2 aromatic rings. The van der Waals surface area contributed by atoms with Crippen LogP contribution in [0.1, 0.15) is 24.7 Å². The quantitative estimate of drug-likeness (QED) is 0.767. The Kier molecular flexibility index (Phi) is 3.39. The van der Waals surface area contributed by atoms with Gasteiger partial charge in [0.1, 0.15) is 5.82 Å². The van der Waals surface area contributed by atoms with E-state index in [9.17, 15) is 0 Å². The van der Waals surface area contributed by atoms with Crippen LogP contribution in [0, 0.1) is 0 Å². The van der Waals surface area contributed by atoms with E-state index in [0.29, 0.717) is 0 Å². The van der Waals surface area contributed by atoms with Gasteiger partial charge in [-0.2, -0.15) is 5.10 Å². The number of aryl methyl sites for hydroxylation is 4. The first-order chi connectivity index (χ1) is 7.79. The first kappa shape index (κ1) is 10.9. The minimum absolute atomic E-state index is 0.987. The summed E-state index contributed by atoms with van der Waals surface area (Å²) < 4.78 is 4.08. The second-order valence-corrected chi connectivity index (χ2v) is 4.06. The summed E-state index contributed by atoms with van der Waals surface area (Å²) in [6.07, 6.45) is 11.1. The number of rotatable bonds is 5. The van der Waals surface area contributed by atoms with Crippen molar-refractivity contribution in [1.29, 1.82) is 0 Å². The van der Waals surface area contributed by atoms with Gasteiger partial charge < -0.3 is 4.57 Å². The topological polar surface area (TPSA) is 35.6 Å². The average Bonchev–Trinajstić information content (AvgIpc) is 2.85. The van der Waals surface area contributed by atoms with Crippen LogP contribution < -0.4 is 0 Å². The number of hydrogen-bond donors (Lipinski definition) is 0. The maximum absolute atomic E-state index is 4.37. The highest BCUT2D eigenvalue weighted by Gasteiger charge is 2.02. The molecule has 0 N–H and O–H groups in total. The van der Waals surface area contributed by atoms with Gasteiger partial charge in [0, 0.05) is 38.6 Å². The molecule has 0 aromatic carbocycles. The molecule has 0 unspecified atom stereocenters. The Morgan fingerprint density at radius 3 is 2.88 bits per heavy atom. The number of imidazole rings is 1. The lowest BCUT2D eigenvalue weighted by molar-refractivity contribution is 0.642. The van der Waals surface area contributed by atoms with Crippen LogP contribution in [0.5, 0.6) is 0 Å². The molecular weight excluding hydrogens is 200 g/mol. The Bertz CT molecular complexity index is 441. The fraction of sp³-hybridized carbons (Fsp3) is 0.500. The predicted octanol–water partition coefficient (Wildman–Crippen LogP) is 1.81. The number of aromatic nitrogens is 4. The van der Waals surface area contributed by atoms with Crippen molar-refractivity contribution in [1.82, 2.24) is 19.3 Å². The fourth-order valence-electron chi connectivity index (χ4n) is 1.85. The van der Waals surface area contributed by atoms with Crippen LogP contribution in [0.15, 0.2) is 24.8 Å². The van der Waals surface area contributed by atoms with Gasteiger partial charge in [0.05, 0.1) is 6.20 Å². The molecule has 4 nitrogen and oxygen atoms in total. The van der Waals surface area contributed by atoms with Crippen molar-refractivity contribution in [2.24, 2.45) is 7.05 Å². The number of nitrogens with zero attached hydrogens (tertiary/aromatic N) is 4. The molecule has 0 aliphatic carbocycles. The van der Waals surface area contributed by atoms with Gasteiger partial charge in [0.15, 0.2) is 0 Å². The molecule has 0 bridgehead atoms. The van der Waals surface area contributed by atoms with E-state index in [-0.39, 0.29) is 0 Å². The van der Waals surface area contributed by atoms with E-state index in [0.717, 1.165) is 25.8 Å². The molecule has 4 heteroatoms. The highest BCUT2D eigenvalue weighted by Crippen LogP contribution is 2.05. The summed E-state index contributed by atoms with van der Waals surface area (Å²) >= 11 is 0. The van der Waals surface area contributed by atoms with Crippen LogP contribution in [-0.2, 0) is 26.4 Å². The number of hydrogen-bond acceptors (Lipinski definition) is 2. The minimum Gasteiger partial charge on any atom is -0.335 e. The summed E-state index contributed by atoms with van der Waals surface area (Å²) in [5, 5.41) is 4.17. The third-order valence-corrected chi connectivity index (χ3v) is 2.68. The first-order valence-corrected chi connectivity index (χ1v) is 5.77. The van der Waals surface area contributed by atoms with Crippen molar-refractivity contribution in [3.8, 4) is 0 Å².